The molecule has 228 valence electrons. The Morgan fingerprint density at radius 1 is 0.526 bits per heavy atom. The Hall–Kier alpha value is -0.670. The average molecular weight is 545 g/mol. The second-order valence-electron chi connectivity index (χ2n) is 11.9. The van der Waals surface area contributed by atoms with Crippen molar-refractivity contribution in [3.05, 3.63) is 0 Å². The van der Waals surface area contributed by atoms with Crippen molar-refractivity contribution in [2.45, 2.75) is 200 Å². The van der Waals surface area contributed by atoms with Gasteiger partial charge in [-0.2, -0.15) is 8.78 Å². The van der Waals surface area contributed by atoms with Crippen LogP contribution in [0.25, 0.3) is 0 Å². The number of alkyl halides is 2. The van der Waals surface area contributed by atoms with Crippen molar-refractivity contribution in [2.75, 3.05) is 6.61 Å². The summed E-state index contributed by atoms with van der Waals surface area (Å²) < 4.78 is 34.0. The van der Waals surface area contributed by atoms with Crippen molar-refractivity contribution in [3.63, 3.8) is 0 Å². The molecule has 0 aliphatic rings. The Bertz CT molecular complexity index is 495. The van der Waals surface area contributed by atoms with Crippen LogP contribution in [0, 0.1) is 5.92 Å². The van der Waals surface area contributed by atoms with Crippen LogP contribution in [-0.2, 0) is 9.53 Å². The minimum Gasteiger partial charge on any atom is -0.461 e. The number of hydrogen-bond acceptors (Lipinski definition) is 2. The third-order valence-corrected chi connectivity index (χ3v) is 8.02. The van der Waals surface area contributed by atoms with Crippen LogP contribution in [-0.4, -0.2) is 18.5 Å². The minimum atomic E-state index is -3.34. The highest BCUT2D eigenvalue weighted by Gasteiger charge is 2.40. The van der Waals surface area contributed by atoms with Gasteiger partial charge < -0.3 is 4.74 Å². The van der Waals surface area contributed by atoms with E-state index >= 15 is 0 Å². The van der Waals surface area contributed by atoms with Crippen LogP contribution in [0.1, 0.15) is 194 Å². The van der Waals surface area contributed by atoms with E-state index in [9.17, 15) is 13.6 Å². The maximum atomic E-state index is 14.4. The summed E-state index contributed by atoms with van der Waals surface area (Å²) in [5.41, 5.74) is 0. The summed E-state index contributed by atoms with van der Waals surface area (Å²) in [4.78, 5) is 12.2. The number of esters is 1. The molecular weight excluding hydrogens is 478 g/mol. The number of rotatable bonds is 30. The summed E-state index contributed by atoms with van der Waals surface area (Å²) in [5, 5.41) is 0. The zero-order valence-corrected chi connectivity index (χ0v) is 25.9. The first kappa shape index (κ1) is 37.3. The highest BCUT2D eigenvalue weighted by molar-refractivity contribution is 5.77. The molecule has 0 amide bonds. The van der Waals surface area contributed by atoms with Crippen LogP contribution >= 0.6 is 0 Å². The van der Waals surface area contributed by atoms with Crippen molar-refractivity contribution >= 4 is 5.97 Å². The van der Waals surface area contributed by atoms with Gasteiger partial charge in [-0.25, -0.2) is 4.79 Å². The predicted molar refractivity (Wildman–Crippen MR) is 161 cm³/mol. The van der Waals surface area contributed by atoms with Gasteiger partial charge >= 0.3 is 11.9 Å². The molecule has 0 saturated heterocycles. The van der Waals surface area contributed by atoms with Gasteiger partial charge in [0.05, 0.1) is 6.61 Å². The Morgan fingerprint density at radius 3 is 1.24 bits per heavy atom. The van der Waals surface area contributed by atoms with Gasteiger partial charge in [0.15, 0.2) is 0 Å². The predicted octanol–water partition coefficient (Wildman–Crippen LogP) is 12.4. The minimum absolute atomic E-state index is 0.161. The summed E-state index contributed by atoms with van der Waals surface area (Å²) in [5.74, 6) is -4.42. The standard InChI is InChI=1S/C34H66F2O2/c1-4-7-10-13-15-16-17-18-19-20-21-22-24-27-30-34(35,36)33(37)38-31-32(28-25-12-9-6-3)29-26-23-14-11-8-5-2/h32H,4-31H2,1-3H3. The summed E-state index contributed by atoms with van der Waals surface area (Å²) in [7, 11) is 0. The zero-order valence-electron chi connectivity index (χ0n) is 25.9. The van der Waals surface area contributed by atoms with Crippen molar-refractivity contribution in [1.29, 1.82) is 0 Å². The highest BCUT2D eigenvalue weighted by Crippen LogP contribution is 2.26. The van der Waals surface area contributed by atoms with Crippen LogP contribution in [0.4, 0.5) is 8.78 Å². The van der Waals surface area contributed by atoms with Gasteiger partial charge in [0.1, 0.15) is 0 Å². The molecular formula is C34H66F2O2. The molecule has 1 unspecified atom stereocenters. The first-order valence-electron chi connectivity index (χ1n) is 17.0. The van der Waals surface area contributed by atoms with Gasteiger partial charge in [-0.05, 0) is 25.2 Å². The summed E-state index contributed by atoms with van der Waals surface area (Å²) in [6.07, 6.45) is 30.1. The van der Waals surface area contributed by atoms with E-state index in [0.717, 1.165) is 44.9 Å². The van der Waals surface area contributed by atoms with Crippen molar-refractivity contribution in [2.24, 2.45) is 5.92 Å². The maximum absolute atomic E-state index is 14.4. The zero-order chi connectivity index (χ0) is 28.2. The number of halogens is 2. The van der Waals surface area contributed by atoms with Crippen LogP contribution in [0.15, 0.2) is 0 Å². The molecule has 0 N–H and O–H groups in total. The van der Waals surface area contributed by atoms with Gasteiger partial charge in [-0.15, -0.1) is 0 Å². The molecule has 0 aromatic carbocycles. The lowest BCUT2D eigenvalue weighted by molar-refractivity contribution is -0.174. The van der Waals surface area contributed by atoms with Gasteiger partial charge in [-0.3, -0.25) is 0 Å². The van der Waals surface area contributed by atoms with Gasteiger partial charge in [0, 0.05) is 6.42 Å². The lowest BCUT2D eigenvalue weighted by atomic mass is 9.95. The maximum Gasteiger partial charge on any atom is 0.376 e. The molecule has 0 rings (SSSR count). The summed E-state index contributed by atoms with van der Waals surface area (Å²) in [6.45, 7) is 6.82. The van der Waals surface area contributed by atoms with Crippen molar-refractivity contribution in [3.8, 4) is 0 Å². The first-order valence-corrected chi connectivity index (χ1v) is 17.0. The Kier molecular flexibility index (Phi) is 27.4. The molecule has 0 radical (unpaired) electrons. The average Bonchev–Trinajstić information content (AvgIpc) is 2.91. The summed E-state index contributed by atoms with van der Waals surface area (Å²) >= 11 is 0. The van der Waals surface area contributed by atoms with E-state index in [1.54, 1.807) is 0 Å². The summed E-state index contributed by atoms with van der Waals surface area (Å²) in [6, 6.07) is 0. The van der Waals surface area contributed by atoms with Crippen LogP contribution in [0.2, 0.25) is 0 Å². The normalized spacial score (nSPS) is 12.7. The molecule has 2 nitrogen and oxygen atoms in total. The number of hydrogen-bond donors (Lipinski definition) is 0. The van der Waals surface area contributed by atoms with E-state index in [-0.39, 0.29) is 18.9 Å². The SMILES string of the molecule is CCCCCCCCCCCCCCCCC(F)(F)C(=O)OCC(CCCCCC)CCCCCCCC. The van der Waals surface area contributed by atoms with Gasteiger partial charge in [0.25, 0.3) is 0 Å². The van der Waals surface area contributed by atoms with Crippen LogP contribution < -0.4 is 0 Å². The van der Waals surface area contributed by atoms with E-state index in [4.69, 9.17) is 4.74 Å². The fourth-order valence-electron chi connectivity index (χ4n) is 5.33. The quantitative estimate of drug-likeness (QED) is 0.0664. The van der Waals surface area contributed by atoms with E-state index in [0.29, 0.717) is 6.42 Å². The van der Waals surface area contributed by atoms with Crippen LogP contribution in [0.3, 0.4) is 0 Å². The van der Waals surface area contributed by atoms with Crippen molar-refractivity contribution < 1.29 is 18.3 Å². The number of carbonyl (C=O) groups is 1. The van der Waals surface area contributed by atoms with E-state index in [1.807, 2.05) is 0 Å². The molecule has 0 heterocycles. The molecule has 0 saturated carbocycles. The van der Waals surface area contributed by atoms with Crippen LogP contribution in [0.5, 0.6) is 0 Å². The third kappa shape index (κ3) is 24.4. The highest BCUT2D eigenvalue weighted by atomic mass is 19.3. The lowest BCUT2D eigenvalue weighted by Crippen LogP contribution is -2.32. The molecule has 0 aromatic rings. The van der Waals surface area contributed by atoms with Gasteiger partial charge in [-0.1, -0.05) is 168 Å². The van der Waals surface area contributed by atoms with Gasteiger partial charge in [0.2, 0.25) is 0 Å². The lowest BCUT2D eigenvalue weighted by Gasteiger charge is -2.20. The molecule has 0 spiro atoms. The number of ether oxygens (including phenoxy) is 1. The molecule has 38 heavy (non-hydrogen) atoms. The largest absolute Gasteiger partial charge is 0.461 e. The number of unbranched alkanes of at least 4 members (excludes halogenated alkanes) is 21. The van der Waals surface area contributed by atoms with E-state index < -0.39 is 11.9 Å². The van der Waals surface area contributed by atoms with E-state index in [2.05, 4.69) is 20.8 Å². The third-order valence-electron chi connectivity index (χ3n) is 8.02. The molecule has 0 fully saturated rings. The van der Waals surface area contributed by atoms with Crippen molar-refractivity contribution in [1.82, 2.24) is 0 Å². The Balaban J connectivity index is 3.98. The fourth-order valence-corrected chi connectivity index (χ4v) is 5.33. The molecule has 1 atom stereocenters. The molecule has 0 aliphatic heterocycles. The smallest absolute Gasteiger partial charge is 0.376 e. The second kappa shape index (κ2) is 27.9. The molecule has 0 aromatic heterocycles. The Morgan fingerprint density at radius 2 is 0.842 bits per heavy atom. The fraction of sp³-hybridized carbons (Fsp3) is 0.971. The topological polar surface area (TPSA) is 26.3 Å². The first-order chi connectivity index (χ1) is 18.5. The Labute approximate surface area is 236 Å². The molecule has 0 aliphatic carbocycles. The molecule has 4 heteroatoms. The monoisotopic (exact) mass is 545 g/mol. The second-order valence-corrected chi connectivity index (χ2v) is 11.9. The molecule has 0 bridgehead atoms. The van der Waals surface area contributed by atoms with E-state index in [1.165, 1.54) is 116 Å². The number of carbonyl (C=O) groups excluding carboxylic acids is 1.